The van der Waals surface area contributed by atoms with E-state index in [1.807, 2.05) is 30.3 Å². The lowest BCUT2D eigenvalue weighted by atomic mass is 10.0. The number of H-pyrrole nitrogens is 1. The molecule has 0 radical (unpaired) electrons. The topological polar surface area (TPSA) is 116 Å². The van der Waals surface area contributed by atoms with Crippen molar-refractivity contribution in [2.45, 2.75) is 4.05 Å². The summed E-state index contributed by atoms with van der Waals surface area (Å²) in [5.41, 5.74) is 4.97. The number of imidazole rings is 1. The van der Waals surface area contributed by atoms with Crippen LogP contribution in [0, 0.1) is 11.3 Å². The lowest BCUT2D eigenvalue weighted by Crippen LogP contribution is -2.10. The molecule has 0 unspecified atom stereocenters. The Hall–Kier alpha value is -3.78. The third-order valence-corrected chi connectivity index (χ3v) is 6.68. The molecule has 0 saturated heterocycles. The first kappa shape index (κ1) is 19.2. The number of hydrogen-bond acceptors (Lipinski definition) is 7. The van der Waals surface area contributed by atoms with Crippen LogP contribution in [0.25, 0.3) is 33.5 Å². The molecular formula is C22H15IN8. The molecule has 0 spiro atoms. The summed E-state index contributed by atoms with van der Waals surface area (Å²) >= 11 is -0.570. The first-order chi connectivity index (χ1) is 15.3. The summed E-state index contributed by atoms with van der Waals surface area (Å²) in [5.74, 6) is 0.661. The van der Waals surface area contributed by atoms with Gasteiger partial charge in [-0.2, -0.15) is 5.26 Å². The number of rotatable bonds is 5. The predicted molar refractivity (Wildman–Crippen MR) is 129 cm³/mol. The van der Waals surface area contributed by atoms with E-state index in [2.05, 4.69) is 46.9 Å². The maximum absolute atomic E-state index is 9.55. The fourth-order valence-electron chi connectivity index (χ4n) is 3.40. The lowest BCUT2D eigenvalue weighted by molar-refractivity contribution is 1.09. The van der Waals surface area contributed by atoms with Crippen molar-refractivity contribution in [3.63, 3.8) is 0 Å². The molecule has 4 heterocycles. The highest BCUT2D eigenvalue weighted by Crippen LogP contribution is 2.37. The largest absolute Gasteiger partial charge is 0.353 e. The maximum Gasteiger partial charge on any atom is 0.182 e. The Labute approximate surface area is 187 Å². The zero-order chi connectivity index (χ0) is 21.2. The van der Waals surface area contributed by atoms with Crippen LogP contribution in [0.3, 0.4) is 0 Å². The Morgan fingerprint density at radius 3 is 2.84 bits per heavy atom. The van der Waals surface area contributed by atoms with E-state index in [1.54, 1.807) is 18.6 Å². The van der Waals surface area contributed by atoms with Crippen molar-refractivity contribution in [3.8, 4) is 17.5 Å². The van der Waals surface area contributed by atoms with Crippen molar-refractivity contribution in [1.82, 2.24) is 29.9 Å². The summed E-state index contributed by atoms with van der Waals surface area (Å²) in [6.45, 7) is 0. The van der Waals surface area contributed by atoms with Crippen LogP contribution >= 0.6 is 20.7 Å². The van der Waals surface area contributed by atoms with Crippen LogP contribution < -0.4 is 5.32 Å². The van der Waals surface area contributed by atoms with Crippen molar-refractivity contribution in [2.75, 3.05) is 5.32 Å². The fourth-order valence-corrected chi connectivity index (χ4v) is 4.86. The molecule has 0 bridgehead atoms. The number of pyridine rings is 2. The van der Waals surface area contributed by atoms with Gasteiger partial charge in [0.2, 0.25) is 0 Å². The first-order valence-corrected chi connectivity index (χ1v) is 12.1. The van der Waals surface area contributed by atoms with Gasteiger partial charge < -0.3 is 10.3 Å². The summed E-state index contributed by atoms with van der Waals surface area (Å²) in [6.07, 6.45) is 4.82. The molecule has 4 aromatic heterocycles. The average Bonchev–Trinajstić information content (AvgIpc) is 3.31. The van der Waals surface area contributed by atoms with Gasteiger partial charge in [0, 0.05) is 17.1 Å². The van der Waals surface area contributed by atoms with Gasteiger partial charge in [0.25, 0.3) is 0 Å². The van der Waals surface area contributed by atoms with Gasteiger partial charge in [-0.3, -0.25) is 4.98 Å². The molecule has 0 saturated carbocycles. The number of para-hydroxylation sites is 1. The Morgan fingerprint density at radius 2 is 2.03 bits per heavy atom. The minimum absolute atomic E-state index is 0.0974. The second-order valence-electron chi connectivity index (χ2n) is 6.61. The van der Waals surface area contributed by atoms with E-state index in [0.29, 0.717) is 22.5 Å². The fraction of sp³-hybridized carbons (Fsp3) is 0.0455. The lowest BCUT2D eigenvalue weighted by Gasteiger charge is -2.19. The SMILES string of the molecule is C=I[C@H](Nc1ncnc2nc[nH]c12)c1cc2cccc(C#N)c2nc1-c1ccccn1. The summed E-state index contributed by atoms with van der Waals surface area (Å²) < 4.78 is 4.16. The van der Waals surface area contributed by atoms with E-state index < -0.39 is 20.7 Å². The van der Waals surface area contributed by atoms with Crippen LogP contribution in [0.5, 0.6) is 0 Å². The molecule has 0 aliphatic heterocycles. The minimum Gasteiger partial charge on any atom is -0.353 e. The van der Waals surface area contributed by atoms with Crippen LogP contribution in [0.2, 0.25) is 0 Å². The molecule has 2 N–H and O–H groups in total. The maximum atomic E-state index is 9.55. The molecule has 0 aliphatic rings. The third kappa shape index (κ3) is 3.51. The van der Waals surface area contributed by atoms with Gasteiger partial charge in [0.1, 0.15) is 22.0 Å². The van der Waals surface area contributed by atoms with Crippen molar-refractivity contribution in [3.05, 3.63) is 72.4 Å². The number of nitrogens with zero attached hydrogens (tertiary/aromatic N) is 6. The Morgan fingerprint density at radius 1 is 1.10 bits per heavy atom. The molecule has 1 atom stereocenters. The molecule has 0 fully saturated rings. The Kier molecular flexibility index (Phi) is 5.05. The monoisotopic (exact) mass is 518 g/mol. The van der Waals surface area contributed by atoms with Gasteiger partial charge in [-0.15, -0.1) is 0 Å². The Bertz CT molecular complexity index is 1460. The first-order valence-electron chi connectivity index (χ1n) is 9.31. The quantitative estimate of drug-likeness (QED) is 0.202. The third-order valence-electron chi connectivity index (χ3n) is 4.82. The van der Waals surface area contributed by atoms with Gasteiger partial charge in [-0.1, -0.05) is 43.4 Å². The van der Waals surface area contributed by atoms with Gasteiger partial charge in [-0.25, -0.2) is 19.9 Å². The zero-order valence-corrected chi connectivity index (χ0v) is 18.3. The smallest absolute Gasteiger partial charge is 0.182 e. The van der Waals surface area contributed by atoms with Gasteiger partial charge in [-0.05, 0) is 24.3 Å². The van der Waals surface area contributed by atoms with Crippen molar-refractivity contribution in [1.29, 1.82) is 5.26 Å². The number of fused-ring (bicyclic) bond motifs is 2. The van der Waals surface area contributed by atoms with Crippen LogP contribution in [0.1, 0.15) is 15.2 Å². The molecular weight excluding hydrogens is 503 g/mol. The highest BCUT2D eigenvalue weighted by Gasteiger charge is 2.20. The van der Waals surface area contributed by atoms with Crippen LogP contribution in [-0.2, 0) is 0 Å². The van der Waals surface area contributed by atoms with E-state index in [4.69, 9.17) is 4.98 Å². The molecule has 5 aromatic rings. The van der Waals surface area contributed by atoms with E-state index in [9.17, 15) is 5.26 Å². The number of hydrogen-bond donors (Lipinski definition) is 2. The Balaban J connectivity index is 1.71. The molecule has 8 nitrogen and oxygen atoms in total. The average molecular weight is 518 g/mol. The van der Waals surface area contributed by atoms with E-state index in [0.717, 1.165) is 27.9 Å². The van der Waals surface area contributed by atoms with Gasteiger partial charge in [0.15, 0.2) is 11.5 Å². The van der Waals surface area contributed by atoms with Crippen LogP contribution in [-0.4, -0.2) is 34.4 Å². The second kappa shape index (κ2) is 8.16. The van der Waals surface area contributed by atoms with Gasteiger partial charge in [0.05, 0.1) is 28.8 Å². The molecule has 0 amide bonds. The number of nitriles is 1. The number of nitrogens with one attached hydrogen (secondary N) is 2. The highest BCUT2D eigenvalue weighted by atomic mass is 127. The van der Waals surface area contributed by atoms with E-state index in [1.165, 1.54) is 6.33 Å². The van der Waals surface area contributed by atoms with Gasteiger partial charge >= 0.3 is 0 Å². The van der Waals surface area contributed by atoms with Crippen molar-refractivity contribution in [2.24, 2.45) is 0 Å². The summed E-state index contributed by atoms with van der Waals surface area (Å²) in [4.78, 5) is 25.3. The molecule has 31 heavy (non-hydrogen) atoms. The minimum atomic E-state index is -0.570. The van der Waals surface area contributed by atoms with Crippen LogP contribution in [0.4, 0.5) is 5.82 Å². The molecule has 0 aliphatic carbocycles. The van der Waals surface area contributed by atoms with Crippen molar-refractivity contribution >= 4 is 53.1 Å². The van der Waals surface area contributed by atoms with E-state index >= 15 is 0 Å². The van der Waals surface area contributed by atoms with E-state index in [-0.39, 0.29) is 4.05 Å². The molecule has 150 valence electrons. The number of halogens is 1. The summed E-state index contributed by atoms with van der Waals surface area (Å²) in [7, 11) is 0. The number of benzene rings is 1. The summed E-state index contributed by atoms with van der Waals surface area (Å²) in [6, 6.07) is 15.6. The summed E-state index contributed by atoms with van der Waals surface area (Å²) in [5, 5.41) is 14.0. The van der Waals surface area contributed by atoms with Crippen LogP contribution in [0.15, 0.2) is 61.3 Å². The zero-order valence-electron chi connectivity index (χ0n) is 16.1. The predicted octanol–water partition coefficient (Wildman–Crippen LogP) is 4.35. The highest BCUT2D eigenvalue weighted by molar-refractivity contribution is 14.2. The number of alkyl halides is 1. The second-order valence-corrected chi connectivity index (χ2v) is 8.74. The number of aromatic nitrogens is 6. The normalized spacial score (nSPS) is 12.0. The molecule has 9 heteroatoms. The molecule has 5 rings (SSSR count). The number of aromatic amines is 1. The van der Waals surface area contributed by atoms with Crippen molar-refractivity contribution < 1.29 is 0 Å². The standard InChI is InChI=1S/C22H15IN8/c1-23-20(31-22-19-21(27-11-26-19)28-12-29-22)15-9-13-5-4-6-14(10-24)17(13)30-18(15)16-7-2-3-8-25-16/h2-9,11-12,20H,1H2,(H2,26,27,28,29,31)/t20-/m1/s1. The number of anilines is 1. The molecule has 1 aromatic carbocycles.